The van der Waals surface area contributed by atoms with Crippen LogP contribution < -0.4 is 10.6 Å². The molecule has 0 unspecified atom stereocenters. The molecule has 122 valence electrons. The summed E-state index contributed by atoms with van der Waals surface area (Å²) in [5.74, 6) is -0.199. The number of anilines is 1. The minimum absolute atomic E-state index is 0.0207. The Hall–Kier alpha value is -2.20. The average Bonchev–Trinajstić information content (AvgIpc) is 2.57. The van der Waals surface area contributed by atoms with Crippen LogP contribution in [0, 0.1) is 5.82 Å². The first-order chi connectivity index (χ1) is 11.2. The van der Waals surface area contributed by atoms with Crippen molar-refractivity contribution < 1.29 is 9.18 Å². The fraction of sp³-hybridized carbons (Fsp3) is 0.316. The zero-order valence-corrected chi connectivity index (χ0v) is 13.4. The summed E-state index contributed by atoms with van der Waals surface area (Å²) < 4.78 is 13.4. The van der Waals surface area contributed by atoms with Crippen molar-refractivity contribution in [3.63, 3.8) is 0 Å². The molecule has 4 heteroatoms. The molecule has 0 radical (unpaired) electrons. The summed E-state index contributed by atoms with van der Waals surface area (Å²) in [5, 5.41) is 6.04. The fourth-order valence-corrected chi connectivity index (χ4v) is 2.30. The monoisotopic (exact) mass is 314 g/mol. The van der Waals surface area contributed by atoms with Gasteiger partial charge in [0.1, 0.15) is 5.82 Å². The second-order valence-electron chi connectivity index (χ2n) is 5.44. The molecular weight excluding hydrogens is 291 g/mol. The lowest BCUT2D eigenvalue weighted by Gasteiger charge is -2.07. The highest BCUT2D eigenvalue weighted by Crippen LogP contribution is 2.10. The first kappa shape index (κ1) is 17.2. The van der Waals surface area contributed by atoms with E-state index in [1.54, 1.807) is 12.1 Å². The summed E-state index contributed by atoms with van der Waals surface area (Å²) in [6.45, 7) is 3.33. The van der Waals surface area contributed by atoms with Crippen LogP contribution in [0.1, 0.15) is 24.5 Å². The molecule has 0 saturated carbocycles. The Kier molecular flexibility index (Phi) is 6.76. The van der Waals surface area contributed by atoms with Crippen LogP contribution in [0.5, 0.6) is 0 Å². The molecule has 0 aliphatic heterocycles. The normalized spacial score (nSPS) is 10.5. The standard InChI is InChI=1S/C19H23FN2O/c1-2-15-7-9-17(10-8-15)22-19(23)12-14-21-13-11-16-5-3-4-6-18(16)20/h3-10,21H,2,11-14H2,1H3,(H,22,23). The van der Waals surface area contributed by atoms with Crippen molar-refractivity contribution >= 4 is 11.6 Å². The maximum absolute atomic E-state index is 13.4. The van der Waals surface area contributed by atoms with Gasteiger partial charge in [0, 0.05) is 18.7 Å². The van der Waals surface area contributed by atoms with Gasteiger partial charge in [0.2, 0.25) is 5.91 Å². The molecule has 0 heterocycles. The second kappa shape index (κ2) is 9.06. The van der Waals surface area contributed by atoms with Gasteiger partial charge >= 0.3 is 0 Å². The summed E-state index contributed by atoms with van der Waals surface area (Å²) in [6.07, 6.45) is 2.00. The number of halogens is 1. The highest BCUT2D eigenvalue weighted by Gasteiger charge is 2.03. The molecule has 0 aliphatic rings. The molecule has 0 aromatic heterocycles. The van der Waals surface area contributed by atoms with Crippen LogP contribution in [0.15, 0.2) is 48.5 Å². The van der Waals surface area contributed by atoms with Crippen molar-refractivity contribution in [1.29, 1.82) is 0 Å². The summed E-state index contributed by atoms with van der Waals surface area (Å²) >= 11 is 0. The largest absolute Gasteiger partial charge is 0.326 e. The predicted octanol–water partition coefficient (Wildman–Crippen LogP) is 3.55. The Labute approximate surface area is 136 Å². The van der Waals surface area contributed by atoms with Crippen molar-refractivity contribution in [3.8, 4) is 0 Å². The van der Waals surface area contributed by atoms with Gasteiger partial charge < -0.3 is 10.6 Å². The molecule has 3 nitrogen and oxygen atoms in total. The minimum atomic E-state index is -0.178. The Bertz CT molecular complexity index is 626. The van der Waals surface area contributed by atoms with Gasteiger partial charge in [-0.1, -0.05) is 37.3 Å². The number of carbonyl (C=O) groups excluding carboxylic acids is 1. The lowest BCUT2D eigenvalue weighted by molar-refractivity contribution is -0.116. The van der Waals surface area contributed by atoms with Crippen LogP contribution in [0.4, 0.5) is 10.1 Å². The van der Waals surface area contributed by atoms with Crippen LogP contribution in [0.2, 0.25) is 0 Å². The van der Waals surface area contributed by atoms with Gasteiger partial charge in [0.15, 0.2) is 0 Å². The van der Waals surface area contributed by atoms with E-state index >= 15 is 0 Å². The van der Waals surface area contributed by atoms with E-state index in [9.17, 15) is 9.18 Å². The topological polar surface area (TPSA) is 41.1 Å². The van der Waals surface area contributed by atoms with Crippen LogP contribution in [0.25, 0.3) is 0 Å². The Morgan fingerprint density at radius 2 is 1.78 bits per heavy atom. The molecule has 2 rings (SSSR count). The lowest BCUT2D eigenvalue weighted by Crippen LogP contribution is -2.23. The van der Waals surface area contributed by atoms with Crippen molar-refractivity contribution in [1.82, 2.24) is 5.32 Å². The van der Waals surface area contributed by atoms with Gasteiger partial charge in [0.25, 0.3) is 0 Å². The average molecular weight is 314 g/mol. The SMILES string of the molecule is CCc1ccc(NC(=O)CCNCCc2ccccc2F)cc1. The van der Waals surface area contributed by atoms with Crippen LogP contribution in [0.3, 0.4) is 0 Å². The van der Waals surface area contributed by atoms with E-state index in [0.717, 1.165) is 12.1 Å². The van der Waals surface area contributed by atoms with Gasteiger partial charge in [-0.15, -0.1) is 0 Å². The summed E-state index contributed by atoms with van der Waals surface area (Å²) in [6, 6.07) is 14.6. The Balaban J connectivity index is 1.64. The Morgan fingerprint density at radius 1 is 1.04 bits per heavy atom. The summed E-state index contributed by atoms with van der Waals surface area (Å²) in [5.41, 5.74) is 2.76. The van der Waals surface area contributed by atoms with Crippen molar-refractivity contribution in [2.24, 2.45) is 0 Å². The highest BCUT2D eigenvalue weighted by atomic mass is 19.1. The highest BCUT2D eigenvalue weighted by molar-refractivity contribution is 5.90. The van der Waals surface area contributed by atoms with E-state index in [0.29, 0.717) is 31.5 Å². The van der Waals surface area contributed by atoms with Crippen LogP contribution in [-0.4, -0.2) is 19.0 Å². The lowest BCUT2D eigenvalue weighted by atomic mass is 10.1. The maximum atomic E-state index is 13.4. The number of aryl methyl sites for hydroxylation is 1. The van der Waals surface area contributed by atoms with E-state index in [1.165, 1.54) is 11.6 Å². The zero-order chi connectivity index (χ0) is 16.5. The first-order valence-corrected chi connectivity index (χ1v) is 8.02. The molecule has 0 fully saturated rings. The molecular formula is C19H23FN2O. The van der Waals surface area contributed by atoms with Crippen molar-refractivity contribution in [3.05, 3.63) is 65.5 Å². The molecule has 1 amide bonds. The number of hydrogen-bond donors (Lipinski definition) is 2. The summed E-state index contributed by atoms with van der Waals surface area (Å²) in [4.78, 5) is 11.8. The molecule has 0 saturated heterocycles. The number of nitrogens with one attached hydrogen (secondary N) is 2. The molecule has 0 aliphatic carbocycles. The van der Waals surface area contributed by atoms with Crippen molar-refractivity contribution in [2.75, 3.05) is 18.4 Å². The van der Waals surface area contributed by atoms with Crippen molar-refractivity contribution in [2.45, 2.75) is 26.2 Å². The van der Waals surface area contributed by atoms with Crippen LogP contribution >= 0.6 is 0 Å². The molecule has 0 spiro atoms. The van der Waals surface area contributed by atoms with Gasteiger partial charge in [-0.2, -0.15) is 0 Å². The van der Waals surface area contributed by atoms with E-state index < -0.39 is 0 Å². The maximum Gasteiger partial charge on any atom is 0.225 e. The molecule has 0 atom stereocenters. The van der Waals surface area contributed by atoms with Gasteiger partial charge in [-0.25, -0.2) is 4.39 Å². The number of hydrogen-bond acceptors (Lipinski definition) is 2. The molecule has 0 bridgehead atoms. The molecule has 2 aromatic carbocycles. The fourth-order valence-electron chi connectivity index (χ4n) is 2.30. The molecule has 2 aromatic rings. The third-order valence-electron chi connectivity index (χ3n) is 3.70. The third kappa shape index (κ3) is 5.83. The zero-order valence-electron chi connectivity index (χ0n) is 13.4. The first-order valence-electron chi connectivity index (χ1n) is 8.02. The summed E-state index contributed by atoms with van der Waals surface area (Å²) in [7, 11) is 0. The van der Waals surface area contributed by atoms with Gasteiger partial charge in [-0.3, -0.25) is 4.79 Å². The number of amides is 1. The minimum Gasteiger partial charge on any atom is -0.326 e. The van der Waals surface area contributed by atoms with Gasteiger partial charge in [-0.05, 0) is 48.7 Å². The number of carbonyl (C=O) groups is 1. The Morgan fingerprint density at radius 3 is 2.48 bits per heavy atom. The third-order valence-corrected chi connectivity index (χ3v) is 3.70. The van der Waals surface area contributed by atoms with E-state index in [4.69, 9.17) is 0 Å². The number of benzene rings is 2. The predicted molar refractivity (Wildman–Crippen MR) is 92.0 cm³/mol. The molecule has 2 N–H and O–H groups in total. The van der Waals surface area contributed by atoms with Gasteiger partial charge in [0.05, 0.1) is 0 Å². The van der Waals surface area contributed by atoms with E-state index in [-0.39, 0.29) is 11.7 Å². The van der Waals surface area contributed by atoms with E-state index in [1.807, 2.05) is 30.3 Å². The quantitative estimate of drug-likeness (QED) is 0.732. The van der Waals surface area contributed by atoms with Crippen LogP contribution in [-0.2, 0) is 17.6 Å². The molecule has 23 heavy (non-hydrogen) atoms. The number of rotatable bonds is 8. The second-order valence-corrected chi connectivity index (χ2v) is 5.44. The smallest absolute Gasteiger partial charge is 0.225 e. The van der Waals surface area contributed by atoms with E-state index in [2.05, 4.69) is 17.6 Å².